The second-order valence-corrected chi connectivity index (χ2v) is 12.3. The number of carbonyl (C=O) groups excluding carboxylic acids is 2. The van der Waals surface area contributed by atoms with Crippen molar-refractivity contribution >= 4 is 27.5 Å². The van der Waals surface area contributed by atoms with Gasteiger partial charge >= 0.3 is 0 Å². The molecule has 3 atom stereocenters. The monoisotopic (exact) mass is 593 g/mol. The Bertz CT molecular complexity index is 1560. The summed E-state index contributed by atoms with van der Waals surface area (Å²) in [6.07, 6.45) is 0.692. The predicted octanol–water partition coefficient (Wildman–Crippen LogP) is 3.89. The first-order valence-electron chi connectivity index (χ1n) is 13.8. The Morgan fingerprint density at radius 2 is 1.83 bits per heavy atom. The molecule has 5 rings (SSSR count). The Kier molecular flexibility index (Phi) is 8.69. The summed E-state index contributed by atoms with van der Waals surface area (Å²) in [6.45, 7) is 2.41. The van der Waals surface area contributed by atoms with E-state index in [1.807, 2.05) is 31.2 Å². The molecule has 2 heterocycles. The van der Waals surface area contributed by atoms with Gasteiger partial charge in [-0.2, -0.15) is 0 Å². The number of hydrogen-bond acceptors (Lipinski definition) is 7. The lowest BCUT2D eigenvalue weighted by Crippen LogP contribution is -2.53. The number of hydrogen-bond donors (Lipinski definition) is 2. The topological polar surface area (TPSA) is 123 Å². The van der Waals surface area contributed by atoms with E-state index in [0.717, 1.165) is 11.1 Å². The fourth-order valence-corrected chi connectivity index (χ4v) is 6.39. The highest BCUT2D eigenvalue weighted by molar-refractivity contribution is 7.92. The molecule has 0 aliphatic carbocycles. The van der Waals surface area contributed by atoms with E-state index in [-0.39, 0.29) is 53.1 Å². The van der Waals surface area contributed by atoms with Gasteiger partial charge in [0, 0.05) is 24.8 Å². The summed E-state index contributed by atoms with van der Waals surface area (Å²) < 4.78 is 46.0. The molecule has 2 aliphatic heterocycles. The molecular weight excluding hydrogens is 558 g/mol. The molecule has 3 aromatic carbocycles. The van der Waals surface area contributed by atoms with Crippen LogP contribution in [0, 0.1) is 6.92 Å². The summed E-state index contributed by atoms with van der Waals surface area (Å²) in [4.78, 5) is 28.0. The average molecular weight is 594 g/mol. The summed E-state index contributed by atoms with van der Waals surface area (Å²) in [5.74, 6) is 0.619. The lowest BCUT2D eigenvalue weighted by atomic mass is 9.94. The van der Waals surface area contributed by atoms with Gasteiger partial charge in [-0.05, 0) is 56.2 Å². The zero-order chi connectivity index (χ0) is 29.9. The highest BCUT2D eigenvalue weighted by atomic mass is 32.2. The molecule has 3 aromatic rings. The molecule has 10 nitrogen and oxygen atoms in total. The number of sulfonamides is 1. The van der Waals surface area contributed by atoms with Gasteiger partial charge in [-0.15, -0.1) is 0 Å². The first-order valence-corrected chi connectivity index (χ1v) is 15.3. The highest BCUT2D eigenvalue weighted by Gasteiger charge is 2.39. The fourth-order valence-electron chi connectivity index (χ4n) is 5.34. The smallest absolute Gasteiger partial charge is 0.261 e. The number of carbonyl (C=O) groups is 2. The van der Waals surface area contributed by atoms with Gasteiger partial charge in [0.2, 0.25) is 5.91 Å². The molecule has 1 saturated heterocycles. The number of benzene rings is 3. The first-order chi connectivity index (χ1) is 20.1. The Labute approximate surface area is 246 Å². The largest absolute Gasteiger partial charge is 0.496 e. The van der Waals surface area contributed by atoms with Crippen LogP contribution in [0.5, 0.6) is 11.5 Å². The first kappa shape index (κ1) is 29.4. The molecule has 2 amide bonds. The number of ether oxygens (including phenoxy) is 3. The van der Waals surface area contributed by atoms with Crippen molar-refractivity contribution < 1.29 is 32.2 Å². The molecule has 0 bridgehead atoms. The molecule has 2 aliphatic rings. The van der Waals surface area contributed by atoms with E-state index < -0.39 is 16.1 Å². The van der Waals surface area contributed by atoms with Crippen LogP contribution in [-0.2, 0) is 26.1 Å². The number of amides is 2. The van der Waals surface area contributed by atoms with Crippen LogP contribution in [-0.4, -0.2) is 64.1 Å². The molecule has 0 aromatic heterocycles. The summed E-state index contributed by atoms with van der Waals surface area (Å²) >= 11 is 0. The van der Waals surface area contributed by atoms with Crippen molar-refractivity contribution in [2.24, 2.45) is 0 Å². The van der Waals surface area contributed by atoms with Gasteiger partial charge < -0.3 is 24.4 Å². The third-order valence-electron chi connectivity index (χ3n) is 7.68. The third kappa shape index (κ3) is 6.52. The van der Waals surface area contributed by atoms with Crippen LogP contribution < -0.4 is 19.5 Å². The summed E-state index contributed by atoms with van der Waals surface area (Å²) in [5, 5.41) is 2.93. The normalized spacial score (nSPS) is 20.3. The maximum atomic E-state index is 13.5. The second-order valence-electron chi connectivity index (χ2n) is 10.6. The van der Waals surface area contributed by atoms with E-state index in [1.54, 1.807) is 43.3 Å². The van der Waals surface area contributed by atoms with Crippen LogP contribution in [0.2, 0.25) is 0 Å². The molecule has 11 heteroatoms. The molecule has 222 valence electrons. The van der Waals surface area contributed by atoms with Crippen LogP contribution >= 0.6 is 0 Å². The van der Waals surface area contributed by atoms with Crippen molar-refractivity contribution in [3.8, 4) is 11.5 Å². The van der Waals surface area contributed by atoms with Crippen LogP contribution in [0.3, 0.4) is 0 Å². The lowest BCUT2D eigenvalue weighted by Gasteiger charge is -2.42. The van der Waals surface area contributed by atoms with Gasteiger partial charge in [0.25, 0.3) is 15.9 Å². The maximum absolute atomic E-state index is 13.5. The number of anilines is 1. The van der Waals surface area contributed by atoms with E-state index in [2.05, 4.69) is 10.0 Å². The SMILES string of the molecule is COc1ccccc1CNC(=O)C[C@@H]1CC[C@@H]2[C@H](COc3ccc(NS(=O)(=O)c4ccc(C)cc4)cc3C(=O)N2C)O1. The quantitative estimate of drug-likeness (QED) is 0.406. The number of likely N-dealkylation sites (N-methyl/N-ethyl adjacent to an activating group) is 1. The van der Waals surface area contributed by atoms with Crippen molar-refractivity contribution in [1.82, 2.24) is 10.2 Å². The van der Waals surface area contributed by atoms with Gasteiger partial charge in [-0.3, -0.25) is 14.3 Å². The third-order valence-corrected chi connectivity index (χ3v) is 9.07. The zero-order valence-corrected chi connectivity index (χ0v) is 24.6. The van der Waals surface area contributed by atoms with Crippen molar-refractivity contribution in [2.75, 3.05) is 25.5 Å². The molecule has 0 saturated carbocycles. The molecular formula is C31H35N3O7S. The maximum Gasteiger partial charge on any atom is 0.261 e. The minimum atomic E-state index is -3.84. The summed E-state index contributed by atoms with van der Waals surface area (Å²) in [5.41, 5.74) is 2.36. The molecule has 0 spiro atoms. The van der Waals surface area contributed by atoms with Crippen LogP contribution in [0.1, 0.15) is 40.7 Å². The van der Waals surface area contributed by atoms with Crippen LogP contribution in [0.4, 0.5) is 5.69 Å². The summed E-state index contributed by atoms with van der Waals surface area (Å²) in [6, 6.07) is 18.4. The van der Waals surface area contributed by atoms with Gasteiger partial charge in [-0.25, -0.2) is 8.42 Å². The Morgan fingerprint density at radius 3 is 2.60 bits per heavy atom. The molecule has 1 fully saturated rings. The number of nitrogens with zero attached hydrogens (tertiary/aromatic N) is 1. The van der Waals surface area contributed by atoms with Gasteiger partial charge in [0.15, 0.2) is 0 Å². The van der Waals surface area contributed by atoms with Gasteiger partial charge in [0.1, 0.15) is 24.2 Å². The van der Waals surface area contributed by atoms with Crippen LogP contribution in [0.15, 0.2) is 71.6 Å². The molecule has 42 heavy (non-hydrogen) atoms. The second kappa shape index (κ2) is 12.4. The minimum Gasteiger partial charge on any atom is -0.496 e. The van der Waals surface area contributed by atoms with Crippen molar-refractivity contribution in [1.29, 1.82) is 0 Å². The number of nitrogens with one attached hydrogen (secondary N) is 2. The average Bonchev–Trinajstić information content (AvgIpc) is 2.98. The number of methoxy groups -OCH3 is 1. The number of rotatable bonds is 8. The highest BCUT2D eigenvalue weighted by Crippen LogP contribution is 2.33. The van der Waals surface area contributed by atoms with E-state index in [0.29, 0.717) is 30.9 Å². The van der Waals surface area contributed by atoms with E-state index in [9.17, 15) is 18.0 Å². The Morgan fingerprint density at radius 1 is 1.07 bits per heavy atom. The Hall–Kier alpha value is -4.09. The van der Waals surface area contributed by atoms with E-state index in [4.69, 9.17) is 14.2 Å². The minimum absolute atomic E-state index is 0.129. The molecule has 0 unspecified atom stereocenters. The van der Waals surface area contributed by atoms with E-state index >= 15 is 0 Å². The van der Waals surface area contributed by atoms with Crippen molar-refractivity contribution in [3.63, 3.8) is 0 Å². The zero-order valence-electron chi connectivity index (χ0n) is 23.8. The predicted molar refractivity (Wildman–Crippen MR) is 157 cm³/mol. The lowest BCUT2D eigenvalue weighted by molar-refractivity contribution is -0.134. The van der Waals surface area contributed by atoms with E-state index in [1.165, 1.54) is 18.2 Å². The molecule has 0 radical (unpaired) electrons. The standard InChI is InChI=1S/C31H35N3O7S/c1-20-8-12-24(13-9-20)42(37,38)33-22-10-15-28-25(16-22)31(36)34(2)26-14-11-23(41-29(26)19-40-28)17-30(35)32-18-21-6-4-5-7-27(21)39-3/h4-10,12-13,15-16,23,26,29,33H,11,14,17-19H2,1-3H3,(H,32,35)/t23-,26+,29-/m0/s1. The summed E-state index contributed by atoms with van der Waals surface area (Å²) in [7, 11) is -0.533. The number of fused-ring (bicyclic) bond motifs is 2. The number of aryl methyl sites for hydroxylation is 1. The van der Waals surface area contributed by atoms with Crippen LogP contribution in [0.25, 0.3) is 0 Å². The number of para-hydroxylation sites is 1. The van der Waals surface area contributed by atoms with Crippen molar-refractivity contribution in [2.45, 2.75) is 55.9 Å². The Balaban J connectivity index is 1.23. The fraction of sp³-hybridized carbons (Fsp3) is 0.355. The van der Waals surface area contributed by atoms with Crippen molar-refractivity contribution in [3.05, 3.63) is 83.4 Å². The van der Waals surface area contributed by atoms with Gasteiger partial charge in [-0.1, -0.05) is 35.9 Å². The van der Waals surface area contributed by atoms with Gasteiger partial charge in [0.05, 0.1) is 36.1 Å². The molecule has 2 N–H and O–H groups in total.